The van der Waals surface area contributed by atoms with Crippen molar-refractivity contribution in [1.82, 2.24) is 5.32 Å². The molecular formula is C45H69NO6. The second kappa shape index (κ2) is 27.3. The lowest BCUT2D eigenvalue weighted by molar-refractivity contribution is -0.149. The third kappa shape index (κ3) is 17.4. The van der Waals surface area contributed by atoms with Gasteiger partial charge in [0.25, 0.3) is 0 Å². The smallest absolute Gasteiger partial charge is 0.407 e. The van der Waals surface area contributed by atoms with Gasteiger partial charge in [0.1, 0.15) is 12.6 Å². The first-order valence-corrected chi connectivity index (χ1v) is 21.0. The molecule has 0 heterocycles. The molecule has 7 nitrogen and oxygen atoms in total. The maximum absolute atomic E-state index is 12.5. The van der Waals surface area contributed by atoms with Crippen molar-refractivity contribution < 1.29 is 29.0 Å². The Morgan fingerprint density at radius 1 is 0.577 bits per heavy atom. The molecule has 2 aromatic carbocycles. The van der Waals surface area contributed by atoms with Gasteiger partial charge < -0.3 is 19.9 Å². The van der Waals surface area contributed by atoms with Crippen molar-refractivity contribution >= 4 is 18.0 Å². The highest BCUT2D eigenvalue weighted by molar-refractivity contribution is 5.85. The standard InChI is InChI=1S/C45H69NO6/c1-2-3-4-5-6-7-8-9-10-11-12-13-14-15-16-17-18-19-20-21-22-23-24-29-34-51-43(47)35-42(44(48)49)46-45(50)52-36-41-39-32-27-25-30-37(39)38-31-26-28-33-40(38)41/h25-28,30-33,41-42H,2-24,29,34-36H2,1H3,(H,46,50)(H,48,49)/t42-/m0/s1. The molecule has 52 heavy (non-hydrogen) atoms. The van der Waals surface area contributed by atoms with Gasteiger partial charge in [0.05, 0.1) is 13.0 Å². The molecule has 290 valence electrons. The summed E-state index contributed by atoms with van der Waals surface area (Å²) in [5.41, 5.74) is 4.34. The summed E-state index contributed by atoms with van der Waals surface area (Å²) in [5.74, 6) is -2.08. The van der Waals surface area contributed by atoms with Crippen LogP contribution >= 0.6 is 0 Å². The number of aliphatic carboxylic acids is 1. The average Bonchev–Trinajstić information content (AvgIpc) is 3.47. The van der Waals surface area contributed by atoms with Crippen molar-refractivity contribution in [3.63, 3.8) is 0 Å². The fourth-order valence-electron chi connectivity index (χ4n) is 7.46. The molecule has 1 amide bonds. The van der Waals surface area contributed by atoms with E-state index in [9.17, 15) is 19.5 Å². The molecule has 0 radical (unpaired) electrons. The van der Waals surface area contributed by atoms with Crippen LogP contribution in [-0.4, -0.2) is 42.4 Å². The van der Waals surface area contributed by atoms with E-state index in [2.05, 4.69) is 12.2 Å². The van der Waals surface area contributed by atoms with Gasteiger partial charge in [0.2, 0.25) is 0 Å². The van der Waals surface area contributed by atoms with Crippen LogP contribution in [0, 0.1) is 0 Å². The molecule has 1 atom stereocenters. The number of esters is 1. The first-order valence-electron chi connectivity index (χ1n) is 21.0. The molecule has 0 bridgehead atoms. The normalized spacial score (nSPS) is 12.6. The summed E-state index contributed by atoms with van der Waals surface area (Å²) in [4.78, 5) is 36.7. The van der Waals surface area contributed by atoms with E-state index in [4.69, 9.17) is 9.47 Å². The van der Waals surface area contributed by atoms with Gasteiger partial charge in [-0.1, -0.05) is 203 Å². The van der Waals surface area contributed by atoms with E-state index in [1.54, 1.807) is 0 Å². The zero-order valence-corrected chi connectivity index (χ0v) is 32.4. The van der Waals surface area contributed by atoms with Crippen molar-refractivity contribution in [2.24, 2.45) is 0 Å². The van der Waals surface area contributed by atoms with E-state index in [0.717, 1.165) is 41.5 Å². The quantitative estimate of drug-likeness (QED) is 0.0594. The molecule has 0 saturated carbocycles. The molecule has 0 saturated heterocycles. The van der Waals surface area contributed by atoms with E-state index in [1.807, 2.05) is 48.5 Å². The molecule has 0 unspecified atom stereocenters. The van der Waals surface area contributed by atoms with Gasteiger partial charge in [-0.3, -0.25) is 4.79 Å². The van der Waals surface area contributed by atoms with Crippen molar-refractivity contribution in [3.8, 4) is 11.1 Å². The highest BCUT2D eigenvalue weighted by Gasteiger charge is 2.30. The van der Waals surface area contributed by atoms with Crippen LogP contribution in [0.1, 0.15) is 184 Å². The summed E-state index contributed by atoms with van der Waals surface area (Å²) in [6.07, 6.45) is 30.6. The van der Waals surface area contributed by atoms with E-state index >= 15 is 0 Å². The number of nitrogens with one attached hydrogen (secondary N) is 1. The number of carboxylic acid groups (broad SMARTS) is 1. The highest BCUT2D eigenvalue weighted by Crippen LogP contribution is 2.44. The molecule has 0 aromatic heterocycles. The van der Waals surface area contributed by atoms with Crippen molar-refractivity contribution in [1.29, 1.82) is 0 Å². The summed E-state index contributed by atoms with van der Waals surface area (Å²) in [5, 5.41) is 11.9. The minimum Gasteiger partial charge on any atom is -0.480 e. The summed E-state index contributed by atoms with van der Waals surface area (Å²) < 4.78 is 10.7. The highest BCUT2D eigenvalue weighted by atomic mass is 16.6. The van der Waals surface area contributed by atoms with Crippen molar-refractivity contribution in [2.75, 3.05) is 13.2 Å². The monoisotopic (exact) mass is 720 g/mol. The van der Waals surface area contributed by atoms with E-state index in [-0.39, 0.29) is 19.1 Å². The van der Waals surface area contributed by atoms with E-state index in [0.29, 0.717) is 0 Å². The van der Waals surface area contributed by atoms with E-state index in [1.165, 1.54) is 135 Å². The fourth-order valence-corrected chi connectivity index (χ4v) is 7.46. The van der Waals surface area contributed by atoms with Gasteiger partial charge in [-0.2, -0.15) is 0 Å². The number of hydrogen-bond donors (Lipinski definition) is 2. The molecule has 1 aliphatic carbocycles. The Morgan fingerprint density at radius 2 is 0.962 bits per heavy atom. The summed E-state index contributed by atoms with van der Waals surface area (Å²) >= 11 is 0. The van der Waals surface area contributed by atoms with Crippen LogP contribution in [0.15, 0.2) is 48.5 Å². The third-order valence-corrected chi connectivity index (χ3v) is 10.6. The Balaban J connectivity index is 1.09. The largest absolute Gasteiger partial charge is 0.480 e. The number of ether oxygens (including phenoxy) is 2. The van der Waals surface area contributed by atoms with Crippen LogP contribution in [-0.2, 0) is 19.1 Å². The number of carbonyl (C=O) groups excluding carboxylic acids is 2. The number of rotatable bonds is 31. The molecule has 0 aliphatic heterocycles. The lowest BCUT2D eigenvalue weighted by Gasteiger charge is -2.17. The molecule has 2 N–H and O–H groups in total. The van der Waals surface area contributed by atoms with E-state index < -0.39 is 30.5 Å². The van der Waals surface area contributed by atoms with Crippen LogP contribution in [0.3, 0.4) is 0 Å². The minimum atomic E-state index is -1.41. The molecule has 1 aliphatic rings. The van der Waals surface area contributed by atoms with Gasteiger partial charge in [0.15, 0.2) is 0 Å². The number of hydrogen-bond acceptors (Lipinski definition) is 5. The molecule has 3 rings (SSSR count). The van der Waals surface area contributed by atoms with Crippen LogP contribution in [0.5, 0.6) is 0 Å². The number of amides is 1. The lowest BCUT2D eigenvalue weighted by atomic mass is 9.98. The third-order valence-electron chi connectivity index (χ3n) is 10.6. The predicted molar refractivity (Wildman–Crippen MR) is 212 cm³/mol. The number of carbonyl (C=O) groups is 3. The van der Waals surface area contributed by atoms with Crippen LogP contribution in [0.4, 0.5) is 4.79 Å². The molecular weight excluding hydrogens is 650 g/mol. The Labute approximate surface area is 315 Å². The SMILES string of the molecule is CCCCCCCCCCCCCCCCCCCCCCCCCCOC(=O)C[C@H](NC(=O)OCC1c2ccccc2-c2ccccc21)C(=O)O. The molecule has 7 heteroatoms. The zero-order chi connectivity index (χ0) is 37.1. The second-order valence-corrected chi connectivity index (χ2v) is 14.9. The van der Waals surface area contributed by atoms with Crippen LogP contribution in [0.25, 0.3) is 11.1 Å². The van der Waals surface area contributed by atoms with Crippen LogP contribution < -0.4 is 5.32 Å². The van der Waals surface area contributed by atoms with Gasteiger partial charge >= 0.3 is 18.0 Å². The fraction of sp³-hybridized carbons (Fsp3) is 0.667. The Kier molecular flexibility index (Phi) is 22.6. The molecule has 2 aromatic rings. The maximum atomic E-state index is 12.5. The van der Waals surface area contributed by atoms with Gasteiger partial charge in [-0.05, 0) is 28.7 Å². The number of fused-ring (bicyclic) bond motifs is 3. The number of benzene rings is 2. The summed E-state index contributed by atoms with van der Waals surface area (Å²) in [6.45, 7) is 2.61. The Morgan fingerprint density at radius 3 is 1.37 bits per heavy atom. The second-order valence-electron chi connectivity index (χ2n) is 14.9. The first kappa shape index (κ1) is 43.1. The average molecular weight is 720 g/mol. The zero-order valence-electron chi connectivity index (χ0n) is 32.4. The predicted octanol–water partition coefficient (Wildman–Crippen LogP) is 12.3. The van der Waals surface area contributed by atoms with Crippen molar-refractivity contribution in [3.05, 3.63) is 59.7 Å². The first-order chi connectivity index (χ1) is 25.5. The number of alkyl carbamates (subject to hydrolysis) is 1. The number of carboxylic acids is 1. The number of unbranched alkanes of at least 4 members (excludes halogenated alkanes) is 23. The van der Waals surface area contributed by atoms with Gasteiger partial charge in [0, 0.05) is 5.92 Å². The topological polar surface area (TPSA) is 102 Å². The molecule has 0 spiro atoms. The lowest BCUT2D eigenvalue weighted by Crippen LogP contribution is -2.43. The Bertz CT molecular complexity index is 1230. The van der Waals surface area contributed by atoms with Crippen LogP contribution in [0.2, 0.25) is 0 Å². The minimum absolute atomic E-state index is 0.0657. The van der Waals surface area contributed by atoms with Crippen molar-refractivity contribution in [2.45, 2.75) is 179 Å². The summed E-state index contributed by atoms with van der Waals surface area (Å²) in [6, 6.07) is 14.6. The summed E-state index contributed by atoms with van der Waals surface area (Å²) in [7, 11) is 0. The van der Waals surface area contributed by atoms with Gasteiger partial charge in [-0.15, -0.1) is 0 Å². The molecule has 0 fully saturated rings. The Hall–Kier alpha value is -3.35. The van der Waals surface area contributed by atoms with Gasteiger partial charge in [-0.25, -0.2) is 9.59 Å². The maximum Gasteiger partial charge on any atom is 0.407 e.